The molecule has 0 unspecified atom stereocenters. The second-order valence-corrected chi connectivity index (χ2v) is 2.12. The van der Waals surface area contributed by atoms with Crippen LogP contribution in [-0.4, -0.2) is 24.7 Å². The minimum atomic E-state index is 0. The second-order valence-electron chi connectivity index (χ2n) is 0.707. The van der Waals surface area contributed by atoms with Gasteiger partial charge < -0.3 is 0 Å². The largest absolute Gasteiger partial charge is 0.211 e. The summed E-state index contributed by atoms with van der Waals surface area (Å²) in [6.45, 7) is 2.19. The molecule has 0 fully saturated rings. The lowest BCUT2D eigenvalue weighted by Gasteiger charge is -1.44. The summed E-state index contributed by atoms with van der Waals surface area (Å²) in [6.07, 6.45) is 0. The molecule has 0 saturated heterocycles. The van der Waals surface area contributed by atoms with Gasteiger partial charge in [-0.25, -0.2) is 0 Å². The molecule has 0 aliphatic carbocycles. The van der Waals surface area contributed by atoms with Crippen LogP contribution in [-0.2, 0) is 0 Å². The van der Waals surface area contributed by atoms with Gasteiger partial charge in [0.2, 0.25) is 16.3 Å². The fourth-order valence-corrected chi connectivity index (χ4v) is 0. The minimum Gasteiger partial charge on any atom is -0.147 e. The zero-order chi connectivity index (χ0) is 2.71. The molecule has 0 aromatic heterocycles. The fraction of sp³-hybridized carbons (Fsp3) is 1.00. The summed E-state index contributed by atoms with van der Waals surface area (Å²) in [5.74, 6) is 0. The number of hydrogen-bond donors (Lipinski definition) is 0. The Morgan fingerprint density at radius 1 is 1.33 bits per heavy atom. The molecule has 4 heteroatoms. The van der Waals surface area contributed by atoms with E-state index in [2.05, 4.69) is 6.92 Å². The molecule has 0 aliphatic heterocycles. The van der Waals surface area contributed by atoms with Gasteiger partial charge in [0, 0.05) is 8.41 Å². The summed E-state index contributed by atoms with van der Waals surface area (Å²) >= 11 is 1.37. The molecule has 37 valence electrons. The van der Waals surface area contributed by atoms with Crippen LogP contribution in [0.3, 0.4) is 0 Å². The normalized spacial score (nSPS) is 2.83. The van der Waals surface area contributed by atoms with Crippen molar-refractivity contribution in [3.8, 4) is 0 Å². The Labute approximate surface area is 61.9 Å². The molecular weight excluding hydrogens is 133 g/mol. The summed E-state index contributed by atoms with van der Waals surface area (Å²) < 4.78 is 0. The van der Waals surface area contributed by atoms with E-state index in [1.54, 1.807) is 0 Å². The van der Waals surface area contributed by atoms with Gasteiger partial charge in [-0.2, -0.15) is 0 Å². The van der Waals surface area contributed by atoms with Gasteiger partial charge in [0.05, 0.1) is 0 Å². The number of halogens is 2. The van der Waals surface area contributed by atoms with Crippen molar-refractivity contribution in [2.75, 3.05) is 0 Å². The molecule has 6 heavy (non-hydrogen) atoms. The molecule has 0 nitrogen and oxygen atoms in total. The van der Waals surface area contributed by atoms with Crippen LogP contribution in [0.25, 0.3) is 0 Å². The van der Waals surface area contributed by atoms with Crippen molar-refractivity contribution in [2.45, 2.75) is 12.2 Å². The number of hydrogen-bond acceptors (Lipinski definition) is 0. The Morgan fingerprint density at radius 3 is 1.33 bits per heavy atom. The third-order valence-corrected chi connectivity index (χ3v) is 0. The summed E-state index contributed by atoms with van der Waals surface area (Å²) in [6, 6.07) is 0. The third-order valence-electron chi connectivity index (χ3n) is 0. The van der Waals surface area contributed by atoms with E-state index in [9.17, 15) is 0 Å². The monoisotopic (exact) mass is 141 g/mol. The maximum absolute atomic E-state index is 2.19. The molecule has 3 radical (unpaired) electrons. The summed E-state index contributed by atoms with van der Waals surface area (Å²) in [5.41, 5.74) is 0. The lowest BCUT2D eigenvalue weighted by atomic mass is 10.8. The van der Waals surface area contributed by atoms with Crippen LogP contribution < -0.4 is 0 Å². The molecule has 0 rings (SSSR count). The van der Waals surface area contributed by atoms with Gasteiger partial charge in [0.15, 0.2) is 0 Å². The van der Waals surface area contributed by atoms with Crippen molar-refractivity contribution < 1.29 is 0 Å². The van der Waals surface area contributed by atoms with Gasteiger partial charge in [-0.3, -0.25) is 0 Å². The Bertz CT molecular complexity index is 11.5. The van der Waals surface area contributed by atoms with Crippen molar-refractivity contribution >= 4 is 49.5 Å². The van der Waals surface area contributed by atoms with Crippen LogP contribution in [0.1, 0.15) is 6.92 Å². The van der Waals surface area contributed by atoms with Crippen molar-refractivity contribution in [3.63, 3.8) is 0 Å². The molecule has 0 aliphatic rings. The Balaban J connectivity index is -0.00000000667. The van der Waals surface area contributed by atoms with E-state index < -0.39 is 0 Å². The van der Waals surface area contributed by atoms with Crippen molar-refractivity contribution in [3.05, 3.63) is 0 Å². The van der Waals surface area contributed by atoms with E-state index in [1.165, 1.54) is 21.6 Å². The molecule has 0 amide bonds. The van der Waals surface area contributed by atoms with E-state index in [4.69, 9.17) is 0 Å². The highest BCUT2D eigenvalue weighted by atomic mass is 35.5. The van der Waals surface area contributed by atoms with Crippen LogP contribution in [0.5, 0.6) is 0 Å². The highest BCUT2D eigenvalue weighted by molar-refractivity contribution is 6.08. The Morgan fingerprint density at radius 2 is 1.33 bits per heavy atom. The fourth-order valence-electron chi connectivity index (χ4n) is 0. The minimum absolute atomic E-state index is 0. The zero-order valence-electron chi connectivity index (χ0n) is 4.10. The highest BCUT2D eigenvalue weighted by Gasteiger charge is 1.41. The first-order valence-electron chi connectivity index (χ1n) is 1.41. The van der Waals surface area contributed by atoms with E-state index >= 15 is 0 Å². The predicted octanol–water partition coefficient (Wildman–Crippen LogP) is 0.520. The van der Waals surface area contributed by atoms with Gasteiger partial charge in [-0.15, -0.1) is 30.1 Å². The molecule has 0 aromatic rings. The van der Waals surface area contributed by atoms with Crippen molar-refractivity contribution in [1.29, 1.82) is 0 Å². The third kappa shape index (κ3) is 65.2. The highest BCUT2D eigenvalue weighted by Crippen LogP contribution is 1.49. The summed E-state index contributed by atoms with van der Waals surface area (Å²) in [7, 11) is 0. The van der Waals surface area contributed by atoms with E-state index in [0.29, 0.717) is 0 Å². The van der Waals surface area contributed by atoms with Crippen molar-refractivity contribution in [1.82, 2.24) is 0 Å². The molecule has 0 spiro atoms. The van der Waals surface area contributed by atoms with Crippen LogP contribution in [0.15, 0.2) is 0 Å². The molecular formula is C2H9AlBCl2. The van der Waals surface area contributed by atoms with Gasteiger partial charge in [-0.1, -0.05) is 6.92 Å². The molecule has 0 bridgehead atoms. The summed E-state index contributed by atoms with van der Waals surface area (Å²) in [4.78, 5) is 0. The molecule has 0 heterocycles. The first-order valence-corrected chi connectivity index (χ1v) is 2.83. The quantitative estimate of drug-likeness (QED) is 0.432. The van der Waals surface area contributed by atoms with E-state index in [-0.39, 0.29) is 33.2 Å². The maximum atomic E-state index is 2.19. The standard InChI is InChI=1S/C2H5.Al.B.2ClH.2H/c1-2;;;;;;/h1H2,2H3;;;2*1H;;. The van der Waals surface area contributed by atoms with Crippen LogP contribution in [0, 0.1) is 0 Å². The zero-order valence-corrected chi connectivity index (χ0v) is 7.73. The lowest BCUT2D eigenvalue weighted by molar-refractivity contribution is 1.48. The van der Waals surface area contributed by atoms with Gasteiger partial charge in [-0.05, 0) is 0 Å². The van der Waals surface area contributed by atoms with Gasteiger partial charge >= 0.3 is 0 Å². The van der Waals surface area contributed by atoms with Gasteiger partial charge in [0.1, 0.15) is 0 Å². The first kappa shape index (κ1) is 27.1. The van der Waals surface area contributed by atoms with Crippen molar-refractivity contribution in [2.24, 2.45) is 0 Å². The molecule has 0 saturated carbocycles. The SMILES string of the molecule is C[CH2][AlH2].Cl.Cl.[B]. The molecule has 0 N–H and O–H groups in total. The van der Waals surface area contributed by atoms with E-state index in [1.807, 2.05) is 0 Å². The average molecular weight is 142 g/mol. The second kappa shape index (κ2) is 34.9. The van der Waals surface area contributed by atoms with Crippen LogP contribution in [0.4, 0.5) is 0 Å². The number of rotatable bonds is 0. The molecule has 0 aromatic carbocycles. The predicted molar refractivity (Wildman–Crippen MR) is 39.3 cm³/mol. The molecule has 0 atom stereocenters. The topological polar surface area (TPSA) is 0 Å². The average Bonchev–Trinajstić information content (AvgIpc) is 0.918. The first-order chi connectivity index (χ1) is 1.41. The van der Waals surface area contributed by atoms with E-state index in [0.717, 1.165) is 0 Å². The Hall–Kier alpha value is 1.18. The Kier molecular flexibility index (Phi) is 158. The van der Waals surface area contributed by atoms with Gasteiger partial charge in [0.25, 0.3) is 0 Å². The lowest BCUT2D eigenvalue weighted by Crippen LogP contribution is -1.41. The smallest absolute Gasteiger partial charge is 0.147 e. The van der Waals surface area contributed by atoms with Crippen LogP contribution >= 0.6 is 24.8 Å². The maximum Gasteiger partial charge on any atom is 0.211 e. The van der Waals surface area contributed by atoms with Crippen LogP contribution in [0.2, 0.25) is 5.28 Å². The summed E-state index contributed by atoms with van der Waals surface area (Å²) in [5, 5.41) is 1.39.